The Morgan fingerprint density at radius 2 is 1.71 bits per heavy atom. The fourth-order valence-corrected chi connectivity index (χ4v) is 4.29. The first-order valence-electron chi connectivity index (χ1n) is 12.4. The summed E-state index contributed by atoms with van der Waals surface area (Å²) in [6, 6.07) is 14.8. The highest BCUT2D eigenvalue weighted by atomic mass is 35.5. The van der Waals surface area contributed by atoms with E-state index in [0.29, 0.717) is 34.5 Å². The molecule has 3 aromatic heterocycles. The number of hydrogen-bond donors (Lipinski definition) is 3. The molecule has 4 N–H and O–H groups in total. The average Bonchev–Trinajstić information content (AvgIpc) is 3.49. The van der Waals surface area contributed by atoms with Crippen LogP contribution in [0.25, 0.3) is 16.8 Å². The van der Waals surface area contributed by atoms with Crippen molar-refractivity contribution in [2.45, 2.75) is 19.0 Å². The summed E-state index contributed by atoms with van der Waals surface area (Å²) >= 11 is 6.05. The molecular formula is C29H24ClF3N8. The lowest BCUT2D eigenvalue weighted by atomic mass is 10.0. The minimum absolute atomic E-state index is 0.180. The summed E-state index contributed by atoms with van der Waals surface area (Å²) in [7, 11) is 0. The van der Waals surface area contributed by atoms with Crippen molar-refractivity contribution in [2.24, 2.45) is 0 Å². The van der Waals surface area contributed by atoms with Crippen LogP contribution in [0, 0.1) is 0 Å². The van der Waals surface area contributed by atoms with Gasteiger partial charge in [0.25, 0.3) is 0 Å². The Morgan fingerprint density at radius 3 is 2.39 bits per heavy atom. The number of hydrogen-bond acceptors (Lipinski definition) is 7. The summed E-state index contributed by atoms with van der Waals surface area (Å²) < 4.78 is 41.5. The van der Waals surface area contributed by atoms with Crippen molar-refractivity contribution in [3.8, 4) is 16.8 Å². The molecule has 0 radical (unpaired) electrons. The van der Waals surface area contributed by atoms with Gasteiger partial charge in [-0.3, -0.25) is 0 Å². The normalized spacial score (nSPS) is 11.3. The Morgan fingerprint density at radius 1 is 0.951 bits per heavy atom. The van der Waals surface area contributed by atoms with Crippen molar-refractivity contribution in [3.63, 3.8) is 0 Å². The highest BCUT2D eigenvalue weighted by Gasteiger charge is 2.31. The minimum Gasteiger partial charge on any atom is -0.383 e. The van der Waals surface area contributed by atoms with Crippen molar-refractivity contribution < 1.29 is 13.2 Å². The average molecular weight is 577 g/mol. The predicted molar refractivity (Wildman–Crippen MR) is 153 cm³/mol. The second kappa shape index (κ2) is 11.7. The van der Waals surface area contributed by atoms with Crippen LogP contribution in [0.1, 0.15) is 17.0 Å². The second-order valence-electron chi connectivity index (χ2n) is 9.08. The number of rotatable bonds is 9. The molecule has 0 atom stereocenters. The number of anilines is 3. The van der Waals surface area contributed by atoms with Crippen molar-refractivity contribution >= 4 is 28.8 Å². The van der Waals surface area contributed by atoms with Gasteiger partial charge in [0.2, 0.25) is 0 Å². The first kappa shape index (κ1) is 27.7. The van der Waals surface area contributed by atoms with Crippen LogP contribution >= 0.6 is 11.6 Å². The van der Waals surface area contributed by atoms with Crippen LogP contribution in [0.4, 0.5) is 30.4 Å². The molecule has 5 rings (SSSR count). The number of alkyl halides is 3. The van der Waals surface area contributed by atoms with Gasteiger partial charge in [0, 0.05) is 30.6 Å². The van der Waals surface area contributed by atoms with E-state index in [9.17, 15) is 13.2 Å². The van der Waals surface area contributed by atoms with Crippen LogP contribution in [-0.2, 0) is 19.0 Å². The Bertz CT molecular complexity index is 1650. The summed E-state index contributed by atoms with van der Waals surface area (Å²) in [4.78, 5) is 12.9. The van der Waals surface area contributed by atoms with Crippen LogP contribution in [0.5, 0.6) is 0 Å². The van der Waals surface area contributed by atoms with Crippen LogP contribution in [-0.4, -0.2) is 24.7 Å². The molecule has 0 fully saturated rings. The highest BCUT2D eigenvalue weighted by Crippen LogP contribution is 2.34. The molecule has 41 heavy (non-hydrogen) atoms. The molecule has 5 aromatic rings. The summed E-state index contributed by atoms with van der Waals surface area (Å²) in [6.07, 6.45) is 4.70. The van der Waals surface area contributed by atoms with Crippen LogP contribution in [0.3, 0.4) is 0 Å². The maximum Gasteiger partial charge on any atom is 0.416 e. The molecule has 0 saturated carbocycles. The van der Waals surface area contributed by atoms with E-state index in [0.717, 1.165) is 35.2 Å². The fourth-order valence-electron chi connectivity index (χ4n) is 4.13. The number of nitrogens with two attached hydrogens (primary N) is 1. The molecule has 0 amide bonds. The van der Waals surface area contributed by atoms with Gasteiger partial charge in [-0.15, -0.1) is 0 Å². The molecule has 3 heterocycles. The predicted octanol–water partition coefficient (Wildman–Crippen LogP) is 6.76. The van der Waals surface area contributed by atoms with E-state index < -0.39 is 11.7 Å². The Balaban J connectivity index is 1.20. The minimum atomic E-state index is -4.50. The molecule has 208 valence electrons. The quantitative estimate of drug-likeness (QED) is 0.178. The summed E-state index contributed by atoms with van der Waals surface area (Å²) in [6.45, 7) is 3.89. The number of halogens is 4. The van der Waals surface area contributed by atoms with Gasteiger partial charge in [0.1, 0.15) is 17.5 Å². The zero-order valence-electron chi connectivity index (χ0n) is 21.5. The molecule has 12 heteroatoms. The first-order chi connectivity index (χ1) is 19.7. The van der Waals surface area contributed by atoms with E-state index >= 15 is 0 Å². The number of nitrogen functional groups attached to an aromatic ring is 1. The van der Waals surface area contributed by atoms with Crippen LogP contribution < -0.4 is 16.4 Å². The van der Waals surface area contributed by atoms with Crippen molar-refractivity contribution in [1.82, 2.24) is 24.7 Å². The zero-order chi connectivity index (χ0) is 29.0. The van der Waals surface area contributed by atoms with E-state index in [4.69, 9.17) is 17.3 Å². The number of benzene rings is 2. The molecule has 0 unspecified atom stereocenters. The second-order valence-corrected chi connectivity index (χ2v) is 9.52. The topological polar surface area (TPSA) is 107 Å². The number of aromatic nitrogens is 5. The smallest absolute Gasteiger partial charge is 0.383 e. The molecular weight excluding hydrogens is 553 g/mol. The van der Waals surface area contributed by atoms with Gasteiger partial charge in [0.15, 0.2) is 0 Å². The van der Waals surface area contributed by atoms with Crippen LogP contribution in [0.2, 0.25) is 5.02 Å². The Hall–Kier alpha value is -4.90. The monoisotopic (exact) mass is 576 g/mol. The maximum absolute atomic E-state index is 13.3. The lowest BCUT2D eigenvalue weighted by molar-refractivity contribution is -0.137. The Kier molecular flexibility index (Phi) is 7.88. The standard InChI is InChI=1S/C29H24ClF3N8/c1-18(40-25-13-21(29(31,32)33)8-9-26(25)41-12-2-11-38-41)39-23-16-35-27(36-17-23)10-5-19-3-6-20(7-4-19)24-14-22(30)15-37-28(24)34/h2-4,6-9,11-17,39-40H,1,5,10H2,(H2,34,37). The summed E-state index contributed by atoms with van der Waals surface area (Å²) in [5, 5.41) is 10.5. The van der Waals surface area contributed by atoms with Crippen molar-refractivity contribution in [1.29, 1.82) is 0 Å². The first-order valence-corrected chi connectivity index (χ1v) is 12.8. The van der Waals surface area contributed by atoms with Crippen molar-refractivity contribution in [3.05, 3.63) is 120 Å². The van der Waals surface area contributed by atoms with E-state index in [1.165, 1.54) is 23.1 Å². The molecule has 0 spiro atoms. The van der Waals surface area contributed by atoms with Gasteiger partial charge >= 0.3 is 6.18 Å². The maximum atomic E-state index is 13.3. The Labute approximate surface area is 238 Å². The lowest BCUT2D eigenvalue weighted by Crippen LogP contribution is -2.13. The molecule has 0 aliphatic carbocycles. The van der Waals surface area contributed by atoms with Gasteiger partial charge < -0.3 is 16.4 Å². The largest absolute Gasteiger partial charge is 0.416 e. The molecule has 0 aliphatic heterocycles. The molecule has 0 bridgehead atoms. The lowest BCUT2D eigenvalue weighted by Gasteiger charge is -2.17. The zero-order valence-corrected chi connectivity index (χ0v) is 22.3. The van der Waals surface area contributed by atoms with E-state index in [2.05, 4.69) is 37.3 Å². The molecule has 8 nitrogen and oxygen atoms in total. The number of aryl methyl sites for hydroxylation is 2. The van der Waals surface area contributed by atoms with Gasteiger partial charge in [-0.1, -0.05) is 42.4 Å². The third-order valence-electron chi connectivity index (χ3n) is 6.15. The number of pyridine rings is 1. The van der Waals surface area contributed by atoms with E-state index in [-0.39, 0.29) is 11.5 Å². The summed E-state index contributed by atoms with van der Waals surface area (Å²) in [5.41, 5.74) is 9.11. The third kappa shape index (κ3) is 6.82. The van der Waals surface area contributed by atoms with Crippen LogP contribution in [0.15, 0.2) is 98.0 Å². The molecule has 2 aromatic carbocycles. The van der Waals surface area contributed by atoms with Gasteiger partial charge in [-0.25, -0.2) is 19.6 Å². The van der Waals surface area contributed by atoms with Gasteiger partial charge in [-0.05, 0) is 47.9 Å². The SMILES string of the molecule is C=C(Nc1cnc(CCc2ccc(-c3cc(Cl)cnc3N)cc2)nc1)Nc1cc(C(F)(F)F)ccc1-n1cccn1. The fraction of sp³-hybridized carbons (Fsp3) is 0.103. The van der Waals surface area contributed by atoms with Crippen molar-refractivity contribution in [2.75, 3.05) is 16.4 Å². The highest BCUT2D eigenvalue weighted by molar-refractivity contribution is 6.30. The molecule has 0 aliphatic rings. The number of nitrogens with zero attached hydrogens (tertiary/aromatic N) is 5. The van der Waals surface area contributed by atoms with E-state index in [1.54, 1.807) is 30.7 Å². The van der Waals surface area contributed by atoms with E-state index in [1.807, 2.05) is 24.3 Å². The number of nitrogens with one attached hydrogen (secondary N) is 2. The molecule has 0 saturated heterocycles. The third-order valence-corrected chi connectivity index (χ3v) is 6.36. The van der Waals surface area contributed by atoms with Gasteiger partial charge in [-0.2, -0.15) is 18.3 Å². The van der Waals surface area contributed by atoms with Gasteiger partial charge in [0.05, 0.1) is 40.0 Å². The summed E-state index contributed by atoms with van der Waals surface area (Å²) in [5.74, 6) is 1.29.